The molecule has 1 unspecified atom stereocenters. The minimum atomic E-state index is -0.327. The highest BCUT2D eigenvalue weighted by molar-refractivity contribution is 6.37. The van der Waals surface area contributed by atoms with Crippen molar-refractivity contribution in [2.75, 3.05) is 33.3 Å². The summed E-state index contributed by atoms with van der Waals surface area (Å²) in [4.78, 5) is 34.2. The van der Waals surface area contributed by atoms with Gasteiger partial charge in [-0.3, -0.25) is 14.5 Å². The summed E-state index contributed by atoms with van der Waals surface area (Å²) >= 11 is 6.59. The predicted octanol–water partition coefficient (Wildman–Crippen LogP) is 6.75. The van der Waals surface area contributed by atoms with Crippen molar-refractivity contribution in [3.05, 3.63) is 98.9 Å². The number of fused-ring (bicyclic) bond motifs is 4. The van der Waals surface area contributed by atoms with Gasteiger partial charge in [0.15, 0.2) is 11.6 Å². The molecule has 1 atom stereocenters. The average molecular weight is 641 g/mol. The number of carbonyl (C=O) groups excluding carboxylic acids is 2. The van der Waals surface area contributed by atoms with Crippen LogP contribution in [0.2, 0.25) is 5.02 Å². The first-order valence-corrected chi connectivity index (χ1v) is 16.7. The van der Waals surface area contributed by atoms with Crippen LogP contribution in [0.25, 0.3) is 10.9 Å². The van der Waals surface area contributed by atoms with Crippen molar-refractivity contribution in [1.29, 1.82) is 0 Å². The van der Waals surface area contributed by atoms with Crippen LogP contribution < -0.4 is 4.74 Å². The van der Waals surface area contributed by atoms with Gasteiger partial charge in [-0.25, -0.2) is 4.39 Å². The second kappa shape index (κ2) is 11.1. The third kappa shape index (κ3) is 4.71. The number of piperidine rings is 1. The van der Waals surface area contributed by atoms with Gasteiger partial charge in [0.1, 0.15) is 0 Å². The largest absolute Gasteiger partial charge is 0.494 e. The first-order chi connectivity index (χ1) is 22.2. The number of amides is 2. The molecule has 238 valence electrons. The van der Waals surface area contributed by atoms with E-state index in [0.717, 1.165) is 86.0 Å². The summed E-state index contributed by atoms with van der Waals surface area (Å²) in [7, 11) is 3.48. The monoisotopic (exact) mass is 640 g/mol. The third-order valence-electron chi connectivity index (χ3n) is 11.2. The van der Waals surface area contributed by atoms with Crippen LogP contribution in [-0.4, -0.2) is 64.4 Å². The Hall–Kier alpha value is -3.88. The number of halogens is 2. The smallest absolute Gasteiger partial charge is 0.257 e. The Morgan fingerprint density at radius 3 is 2.65 bits per heavy atom. The highest BCUT2D eigenvalue weighted by Gasteiger charge is 2.43. The highest BCUT2D eigenvalue weighted by atomic mass is 35.5. The summed E-state index contributed by atoms with van der Waals surface area (Å²) < 4.78 is 21.4. The Bertz CT molecular complexity index is 1900. The lowest BCUT2D eigenvalue weighted by atomic mass is 9.77. The summed E-state index contributed by atoms with van der Waals surface area (Å²) in [6.07, 6.45) is 4.80. The van der Waals surface area contributed by atoms with Gasteiger partial charge in [0.2, 0.25) is 0 Å². The van der Waals surface area contributed by atoms with Gasteiger partial charge >= 0.3 is 0 Å². The molecule has 2 fully saturated rings. The first kappa shape index (κ1) is 29.5. The molecule has 7 nitrogen and oxygen atoms in total. The van der Waals surface area contributed by atoms with Crippen LogP contribution in [0.15, 0.2) is 54.6 Å². The highest BCUT2D eigenvalue weighted by Crippen LogP contribution is 2.45. The lowest BCUT2D eigenvalue weighted by molar-refractivity contribution is 0.0701. The lowest BCUT2D eigenvalue weighted by Crippen LogP contribution is -2.42. The summed E-state index contributed by atoms with van der Waals surface area (Å²) in [6.45, 7) is 4.65. The minimum Gasteiger partial charge on any atom is -0.494 e. The summed E-state index contributed by atoms with van der Waals surface area (Å²) in [5.41, 5.74) is 6.80. The summed E-state index contributed by atoms with van der Waals surface area (Å²) in [6, 6.07) is 17.0. The molecule has 46 heavy (non-hydrogen) atoms. The Balaban J connectivity index is 0.946. The quantitative estimate of drug-likeness (QED) is 0.242. The zero-order chi connectivity index (χ0) is 31.7. The number of hydrogen-bond donors (Lipinski definition) is 0. The van der Waals surface area contributed by atoms with Crippen molar-refractivity contribution in [2.45, 2.75) is 51.2 Å². The standard InChI is InChI=1S/C37H38ClFN4O3/c1-40-30-5-3-4-27(38)33(30)34-31(40)21-43(36(34)45)29-10-9-24-7-8-25(19-26(24)29)35(44)42-17-14-37(22-42)12-15-41(16-13-37)20-23-6-11-32(46-2)28(39)18-23/h3-8,11,18-19,29H,9-10,12-17,20-22H2,1-2H3. The van der Waals surface area contributed by atoms with E-state index in [0.29, 0.717) is 29.2 Å². The van der Waals surface area contributed by atoms with Crippen LogP contribution in [0.4, 0.5) is 4.39 Å². The summed E-state index contributed by atoms with van der Waals surface area (Å²) in [5, 5.41) is 1.44. The van der Waals surface area contributed by atoms with Crippen LogP contribution in [-0.2, 0) is 26.6 Å². The zero-order valence-electron chi connectivity index (χ0n) is 26.3. The zero-order valence-corrected chi connectivity index (χ0v) is 27.1. The van der Waals surface area contributed by atoms with Crippen LogP contribution in [0.5, 0.6) is 5.75 Å². The SMILES string of the molecule is COc1ccc(CN2CCC3(CC2)CCN(C(=O)c2ccc4c(c2)C(N2Cc5c(c6c(Cl)cccc6n5C)C2=O)CC4)C3)cc1F. The topological polar surface area (TPSA) is 58.0 Å². The van der Waals surface area contributed by atoms with Gasteiger partial charge in [-0.15, -0.1) is 0 Å². The van der Waals surface area contributed by atoms with Crippen molar-refractivity contribution in [1.82, 2.24) is 19.3 Å². The molecule has 8 rings (SSSR count). The van der Waals surface area contributed by atoms with E-state index in [1.165, 1.54) is 12.7 Å². The molecule has 0 N–H and O–H groups in total. The average Bonchev–Trinajstić information content (AvgIpc) is 3.82. The normalized spacial score (nSPS) is 20.6. The van der Waals surface area contributed by atoms with Gasteiger partial charge in [0, 0.05) is 37.6 Å². The van der Waals surface area contributed by atoms with Gasteiger partial charge in [0.05, 0.1) is 41.5 Å². The molecule has 0 radical (unpaired) electrons. The molecule has 4 aromatic rings. The molecular weight excluding hydrogens is 603 g/mol. The molecule has 1 aliphatic carbocycles. The molecule has 3 aliphatic heterocycles. The Labute approximate surface area is 273 Å². The molecule has 2 saturated heterocycles. The number of aromatic nitrogens is 1. The molecule has 1 spiro atoms. The maximum Gasteiger partial charge on any atom is 0.257 e. The Morgan fingerprint density at radius 1 is 1.07 bits per heavy atom. The van der Waals surface area contributed by atoms with E-state index in [1.54, 1.807) is 12.1 Å². The fourth-order valence-electron chi connectivity index (χ4n) is 8.53. The first-order valence-electron chi connectivity index (χ1n) is 16.3. The number of nitrogens with zero attached hydrogens (tertiary/aromatic N) is 4. The third-order valence-corrected chi connectivity index (χ3v) is 11.5. The number of hydrogen-bond acceptors (Lipinski definition) is 4. The Morgan fingerprint density at radius 2 is 1.87 bits per heavy atom. The van der Waals surface area contributed by atoms with E-state index in [1.807, 2.05) is 47.2 Å². The Kier molecular flexibility index (Phi) is 7.14. The second-order valence-electron chi connectivity index (χ2n) is 13.6. The van der Waals surface area contributed by atoms with E-state index in [9.17, 15) is 14.0 Å². The van der Waals surface area contributed by atoms with Crippen LogP contribution in [0, 0.1) is 11.2 Å². The minimum absolute atomic E-state index is 0.0215. The maximum absolute atomic E-state index is 14.2. The number of rotatable bonds is 5. The second-order valence-corrected chi connectivity index (χ2v) is 14.0. The van der Waals surface area contributed by atoms with Crippen molar-refractivity contribution >= 4 is 34.3 Å². The molecular formula is C37H38ClFN4O3. The van der Waals surface area contributed by atoms with Gasteiger partial charge in [-0.1, -0.05) is 29.8 Å². The van der Waals surface area contributed by atoms with Gasteiger partial charge in [-0.2, -0.15) is 0 Å². The van der Waals surface area contributed by atoms with Crippen LogP contribution >= 0.6 is 11.6 Å². The van der Waals surface area contributed by atoms with Gasteiger partial charge in [-0.05, 0) is 104 Å². The number of likely N-dealkylation sites (tertiary alicyclic amines) is 2. The number of carbonyl (C=O) groups is 2. The number of methoxy groups -OCH3 is 1. The summed E-state index contributed by atoms with van der Waals surface area (Å²) in [5.74, 6) is 0.0422. The fourth-order valence-corrected chi connectivity index (χ4v) is 8.79. The number of aryl methyl sites for hydroxylation is 2. The molecule has 4 heterocycles. The van der Waals surface area contributed by atoms with E-state index >= 15 is 0 Å². The van der Waals surface area contributed by atoms with Crippen molar-refractivity contribution in [3.8, 4) is 5.75 Å². The molecule has 2 amide bonds. The molecule has 4 aliphatic rings. The van der Waals surface area contributed by atoms with E-state index < -0.39 is 0 Å². The van der Waals surface area contributed by atoms with Gasteiger partial charge in [0.25, 0.3) is 11.8 Å². The van der Waals surface area contributed by atoms with Crippen LogP contribution in [0.1, 0.15) is 74.8 Å². The van der Waals surface area contributed by atoms with E-state index in [2.05, 4.69) is 21.6 Å². The fraction of sp³-hybridized carbons (Fsp3) is 0.405. The van der Waals surface area contributed by atoms with Crippen molar-refractivity contribution < 1.29 is 18.7 Å². The molecule has 9 heteroatoms. The van der Waals surface area contributed by atoms with Crippen LogP contribution in [0.3, 0.4) is 0 Å². The van der Waals surface area contributed by atoms with E-state index in [-0.39, 0.29) is 34.8 Å². The van der Waals surface area contributed by atoms with E-state index in [4.69, 9.17) is 16.3 Å². The number of benzene rings is 3. The number of ether oxygens (including phenoxy) is 1. The lowest BCUT2D eigenvalue weighted by Gasteiger charge is -2.39. The molecule has 3 aromatic carbocycles. The van der Waals surface area contributed by atoms with Crippen molar-refractivity contribution in [3.63, 3.8) is 0 Å². The molecule has 1 aromatic heterocycles. The van der Waals surface area contributed by atoms with Crippen molar-refractivity contribution in [2.24, 2.45) is 12.5 Å². The maximum atomic E-state index is 14.2. The van der Waals surface area contributed by atoms with Gasteiger partial charge < -0.3 is 19.1 Å². The molecule has 0 bridgehead atoms. The predicted molar refractivity (Wildman–Crippen MR) is 176 cm³/mol. The molecule has 0 saturated carbocycles.